The van der Waals surface area contributed by atoms with Gasteiger partial charge in [-0.2, -0.15) is 0 Å². The number of aromatic nitrogens is 1. The quantitative estimate of drug-likeness (QED) is 0.795. The average molecular weight is 259 g/mol. The summed E-state index contributed by atoms with van der Waals surface area (Å²) in [4.78, 5) is 15.1. The van der Waals surface area contributed by atoms with Crippen LogP contribution in [0.4, 0.5) is 0 Å². The lowest BCUT2D eigenvalue weighted by Gasteiger charge is -2.08. The molecule has 0 bridgehead atoms. The number of hydrogen-bond acceptors (Lipinski definition) is 3. The second kappa shape index (κ2) is 4.91. The molecule has 2 N–H and O–H groups in total. The summed E-state index contributed by atoms with van der Waals surface area (Å²) < 4.78 is 5.34. The van der Waals surface area contributed by atoms with Crippen LogP contribution in [0.15, 0.2) is 16.7 Å². The highest BCUT2D eigenvalue weighted by molar-refractivity contribution is 6.24. The van der Waals surface area contributed by atoms with Crippen LogP contribution in [0.1, 0.15) is 36.7 Å². The number of aryl methyl sites for hydroxylation is 2. The molecule has 0 saturated heterocycles. The first-order chi connectivity index (χ1) is 9.28. The first-order valence-electron chi connectivity index (χ1n) is 6.71. The second-order valence-electron chi connectivity index (χ2n) is 4.78. The lowest BCUT2D eigenvalue weighted by Crippen LogP contribution is -2.14. The summed E-state index contributed by atoms with van der Waals surface area (Å²) in [7, 11) is 0. The van der Waals surface area contributed by atoms with E-state index < -0.39 is 0 Å². The van der Waals surface area contributed by atoms with Gasteiger partial charge in [0.25, 0.3) is 5.91 Å². The number of carbonyl (C=O) groups excluding carboxylic acids is 1. The fourth-order valence-corrected chi connectivity index (χ4v) is 2.56. The van der Waals surface area contributed by atoms with Crippen LogP contribution in [-0.2, 0) is 22.4 Å². The molecular weight excluding hydrogens is 242 g/mol. The van der Waals surface area contributed by atoms with Gasteiger partial charge in [-0.05, 0) is 50.3 Å². The molecule has 0 aromatic carbocycles. The average Bonchev–Trinajstić information content (AvgIpc) is 2.96. The molecule has 1 aromatic rings. The number of ether oxygens (including phenoxy) is 1. The van der Waals surface area contributed by atoms with Gasteiger partial charge in [0.2, 0.25) is 5.90 Å². The van der Waals surface area contributed by atoms with Crippen LogP contribution in [0.5, 0.6) is 0 Å². The highest BCUT2D eigenvalue weighted by Crippen LogP contribution is 2.23. The Morgan fingerprint density at radius 3 is 3.05 bits per heavy atom. The van der Waals surface area contributed by atoms with Crippen LogP contribution in [0.3, 0.4) is 0 Å². The number of hydrazone groups is 1. The Bertz CT molecular complexity index is 546. The fourth-order valence-electron chi connectivity index (χ4n) is 2.56. The zero-order valence-electron chi connectivity index (χ0n) is 11.0. The van der Waals surface area contributed by atoms with Crippen molar-refractivity contribution in [1.29, 1.82) is 0 Å². The van der Waals surface area contributed by atoms with E-state index in [1.807, 2.05) is 13.0 Å². The molecule has 5 nitrogen and oxygen atoms in total. The Morgan fingerprint density at radius 1 is 1.42 bits per heavy atom. The van der Waals surface area contributed by atoms with Crippen LogP contribution in [0.25, 0.3) is 6.08 Å². The third kappa shape index (κ3) is 2.28. The molecule has 2 aliphatic rings. The molecule has 1 aliphatic heterocycles. The number of nitrogens with one attached hydrogen (secondary N) is 2. The Labute approximate surface area is 111 Å². The summed E-state index contributed by atoms with van der Waals surface area (Å²) in [6.45, 7) is 2.36. The molecular formula is C14H17N3O2. The minimum atomic E-state index is -0.212. The van der Waals surface area contributed by atoms with Crippen molar-refractivity contribution in [3.05, 3.63) is 28.6 Å². The van der Waals surface area contributed by atoms with E-state index in [9.17, 15) is 4.79 Å². The van der Waals surface area contributed by atoms with Crippen molar-refractivity contribution < 1.29 is 9.53 Å². The predicted octanol–water partition coefficient (Wildman–Crippen LogP) is 1.76. The predicted molar refractivity (Wildman–Crippen MR) is 72.6 cm³/mol. The van der Waals surface area contributed by atoms with Gasteiger partial charge >= 0.3 is 0 Å². The third-order valence-corrected chi connectivity index (χ3v) is 3.45. The summed E-state index contributed by atoms with van der Waals surface area (Å²) in [5, 5.41) is 3.88. The van der Waals surface area contributed by atoms with Gasteiger partial charge < -0.3 is 9.72 Å². The van der Waals surface area contributed by atoms with E-state index in [0.29, 0.717) is 18.1 Å². The van der Waals surface area contributed by atoms with Crippen LogP contribution < -0.4 is 5.43 Å². The molecule has 2 heterocycles. The summed E-state index contributed by atoms with van der Waals surface area (Å²) in [5.41, 5.74) is 6.53. The molecule has 100 valence electrons. The van der Waals surface area contributed by atoms with E-state index in [0.717, 1.165) is 18.5 Å². The number of H-pyrrole nitrogens is 1. The van der Waals surface area contributed by atoms with Crippen LogP contribution >= 0.6 is 0 Å². The highest BCUT2D eigenvalue weighted by atomic mass is 16.5. The van der Waals surface area contributed by atoms with Crippen molar-refractivity contribution in [1.82, 2.24) is 10.4 Å². The molecule has 1 aromatic heterocycles. The van der Waals surface area contributed by atoms with Crippen LogP contribution in [-0.4, -0.2) is 23.4 Å². The van der Waals surface area contributed by atoms with E-state index in [-0.39, 0.29) is 5.91 Å². The first kappa shape index (κ1) is 12.0. The second-order valence-corrected chi connectivity index (χ2v) is 4.78. The summed E-state index contributed by atoms with van der Waals surface area (Å²) in [5.74, 6) is 0.163. The van der Waals surface area contributed by atoms with Gasteiger partial charge in [-0.3, -0.25) is 4.79 Å². The number of nitrogens with zero attached hydrogens (tertiary/aromatic N) is 1. The van der Waals surface area contributed by atoms with Crippen molar-refractivity contribution in [2.24, 2.45) is 5.10 Å². The minimum Gasteiger partial charge on any atom is -0.476 e. The van der Waals surface area contributed by atoms with Crippen LogP contribution in [0, 0.1) is 0 Å². The Kier molecular flexibility index (Phi) is 3.11. The molecule has 0 unspecified atom stereocenters. The van der Waals surface area contributed by atoms with Crippen molar-refractivity contribution in [3.63, 3.8) is 0 Å². The van der Waals surface area contributed by atoms with E-state index in [1.165, 1.54) is 24.1 Å². The summed E-state index contributed by atoms with van der Waals surface area (Å²) in [6.07, 6.45) is 6.50. The van der Waals surface area contributed by atoms with Gasteiger partial charge in [0, 0.05) is 11.4 Å². The smallest absolute Gasteiger partial charge is 0.277 e. The highest BCUT2D eigenvalue weighted by Gasteiger charge is 2.24. The number of aromatic amines is 1. The molecule has 0 saturated carbocycles. The fraction of sp³-hybridized carbons (Fsp3) is 0.429. The third-order valence-electron chi connectivity index (χ3n) is 3.45. The number of carbonyl (C=O) groups is 1. The normalized spacial score (nSPS) is 20.2. The molecule has 5 heteroatoms. The van der Waals surface area contributed by atoms with Gasteiger partial charge in [0.1, 0.15) is 5.57 Å². The van der Waals surface area contributed by atoms with Crippen molar-refractivity contribution in [2.45, 2.75) is 32.6 Å². The number of hydrogen-bond donors (Lipinski definition) is 2. The lowest BCUT2D eigenvalue weighted by atomic mass is 9.98. The van der Waals surface area contributed by atoms with Gasteiger partial charge in [-0.25, -0.2) is 5.43 Å². The van der Waals surface area contributed by atoms with E-state index >= 15 is 0 Å². The van der Waals surface area contributed by atoms with Crippen molar-refractivity contribution in [3.8, 4) is 0 Å². The number of amides is 1. The topological polar surface area (TPSA) is 66.5 Å². The van der Waals surface area contributed by atoms with Crippen molar-refractivity contribution in [2.75, 3.05) is 6.61 Å². The lowest BCUT2D eigenvalue weighted by molar-refractivity contribution is -0.116. The molecule has 0 radical (unpaired) electrons. The van der Waals surface area contributed by atoms with Gasteiger partial charge in [0.15, 0.2) is 0 Å². The van der Waals surface area contributed by atoms with Gasteiger partial charge in [0.05, 0.1) is 6.61 Å². The minimum absolute atomic E-state index is 0.212. The van der Waals surface area contributed by atoms with Crippen molar-refractivity contribution >= 4 is 17.9 Å². The maximum atomic E-state index is 11.7. The van der Waals surface area contributed by atoms with E-state index in [2.05, 4.69) is 21.6 Å². The van der Waals surface area contributed by atoms with E-state index in [1.54, 1.807) is 0 Å². The molecule has 19 heavy (non-hydrogen) atoms. The Hall–Kier alpha value is -2.04. The summed E-state index contributed by atoms with van der Waals surface area (Å²) >= 11 is 0. The maximum absolute atomic E-state index is 11.7. The standard InChI is InChI=1S/C14H17N3O2/c1-2-19-14-11(13(18)16-17-14)8-10-7-9-5-3-4-6-12(9)15-10/h7-8,15H,2-6H2,1H3,(H,16,18)/b11-8-. The monoisotopic (exact) mass is 259 g/mol. The maximum Gasteiger partial charge on any atom is 0.277 e. The first-order valence-corrected chi connectivity index (χ1v) is 6.71. The van der Waals surface area contributed by atoms with E-state index in [4.69, 9.17) is 4.74 Å². The Balaban J connectivity index is 1.89. The molecule has 0 fully saturated rings. The molecule has 1 amide bonds. The van der Waals surface area contributed by atoms with Gasteiger partial charge in [-0.1, -0.05) is 0 Å². The van der Waals surface area contributed by atoms with Crippen LogP contribution in [0.2, 0.25) is 0 Å². The molecule has 0 spiro atoms. The van der Waals surface area contributed by atoms with Gasteiger partial charge in [-0.15, -0.1) is 5.10 Å². The molecule has 3 rings (SSSR count). The largest absolute Gasteiger partial charge is 0.476 e. The number of fused-ring (bicyclic) bond motifs is 1. The SMILES string of the molecule is CCOC1=NNC(=O)/C1=C/c1cc2c([nH]1)CCCC2. The number of rotatable bonds is 2. The summed E-state index contributed by atoms with van der Waals surface area (Å²) in [6, 6.07) is 2.12. The Morgan fingerprint density at radius 2 is 2.26 bits per heavy atom. The molecule has 0 atom stereocenters. The molecule has 1 aliphatic carbocycles. The zero-order valence-corrected chi connectivity index (χ0v) is 11.0. The zero-order chi connectivity index (χ0) is 13.2.